The van der Waals surface area contributed by atoms with Gasteiger partial charge in [-0.3, -0.25) is 0 Å². The molecule has 4 rings (SSSR count). The van der Waals surface area contributed by atoms with Crippen LogP contribution in [0.1, 0.15) is 26.3 Å². The first kappa shape index (κ1) is 19.9. The number of nitrogens with one attached hydrogen (secondary N) is 1. The number of aromatic nitrogens is 4. The van der Waals surface area contributed by atoms with E-state index < -0.39 is 0 Å². The summed E-state index contributed by atoms with van der Waals surface area (Å²) in [5.74, 6) is 1.49. The molecule has 8 nitrogen and oxygen atoms in total. The lowest BCUT2D eigenvalue weighted by molar-refractivity contribution is 0.208. The van der Waals surface area contributed by atoms with Crippen LogP contribution in [0.15, 0.2) is 54.9 Å². The van der Waals surface area contributed by atoms with Gasteiger partial charge >= 0.3 is 6.03 Å². The first-order valence-corrected chi connectivity index (χ1v) is 10.2. The van der Waals surface area contributed by atoms with Gasteiger partial charge < -0.3 is 15.1 Å². The molecule has 0 unspecified atom stereocenters. The van der Waals surface area contributed by atoms with Gasteiger partial charge in [0.1, 0.15) is 0 Å². The Morgan fingerprint density at radius 2 is 1.60 bits per heavy atom. The number of hydrogen-bond acceptors (Lipinski definition) is 5. The molecular weight excluding hydrogens is 378 g/mol. The number of nitrogens with zero attached hydrogens (tertiary/aromatic N) is 6. The van der Waals surface area contributed by atoms with Crippen molar-refractivity contribution in [1.82, 2.24) is 24.9 Å². The van der Waals surface area contributed by atoms with Crippen LogP contribution < -0.4 is 10.2 Å². The van der Waals surface area contributed by atoms with Crippen molar-refractivity contribution in [3.8, 4) is 5.82 Å². The molecule has 1 fully saturated rings. The van der Waals surface area contributed by atoms with E-state index in [0.29, 0.717) is 32.0 Å². The van der Waals surface area contributed by atoms with E-state index in [1.165, 1.54) is 5.56 Å². The Hall–Kier alpha value is -3.42. The summed E-state index contributed by atoms with van der Waals surface area (Å²) in [6.07, 6.45) is 3.54. The van der Waals surface area contributed by atoms with Crippen molar-refractivity contribution >= 4 is 17.5 Å². The number of carbonyl (C=O) groups excluding carboxylic acids is 1. The third-order valence-corrected chi connectivity index (χ3v) is 5.27. The third kappa shape index (κ3) is 4.42. The standard InChI is InChI=1S/C22H27N7O/c1-22(2,3)17-5-7-18(8-6-17)24-21(30)28-15-13-27(14-16-28)19-9-10-20(26-25-19)29-12-4-11-23-29/h4-12H,13-16H2,1-3H3,(H,24,30). The minimum atomic E-state index is -0.0710. The normalized spacial score (nSPS) is 14.6. The summed E-state index contributed by atoms with van der Waals surface area (Å²) in [6.45, 7) is 9.22. The lowest BCUT2D eigenvalue weighted by Gasteiger charge is -2.35. The minimum absolute atomic E-state index is 0.0710. The third-order valence-electron chi connectivity index (χ3n) is 5.27. The fraction of sp³-hybridized carbons (Fsp3) is 0.364. The van der Waals surface area contributed by atoms with E-state index in [2.05, 4.69) is 58.4 Å². The lowest BCUT2D eigenvalue weighted by atomic mass is 9.87. The highest BCUT2D eigenvalue weighted by Gasteiger charge is 2.22. The van der Waals surface area contributed by atoms with Crippen LogP contribution >= 0.6 is 0 Å². The predicted octanol–water partition coefficient (Wildman–Crippen LogP) is 3.31. The van der Waals surface area contributed by atoms with Crippen LogP contribution in [0.2, 0.25) is 0 Å². The van der Waals surface area contributed by atoms with E-state index in [4.69, 9.17) is 0 Å². The quantitative estimate of drug-likeness (QED) is 0.723. The molecule has 1 saturated heterocycles. The monoisotopic (exact) mass is 405 g/mol. The van der Waals surface area contributed by atoms with E-state index in [1.807, 2.05) is 41.4 Å². The molecule has 2 aromatic heterocycles. The SMILES string of the molecule is CC(C)(C)c1ccc(NC(=O)N2CCN(c3ccc(-n4cccn4)nn3)CC2)cc1. The van der Waals surface area contributed by atoms with E-state index in [0.717, 1.165) is 11.5 Å². The van der Waals surface area contributed by atoms with Crippen LogP contribution in [0.3, 0.4) is 0 Å². The van der Waals surface area contributed by atoms with E-state index in [9.17, 15) is 4.79 Å². The van der Waals surface area contributed by atoms with Crippen LogP contribution in [0.5, 0.6) is 0 Å². The minimum Gasteiger partial charge on any atom is -0.352 e. The molecule has 1 aliphatic rings. The highest BCUT2D eigenvalue weighted by Crippen LogP contribution is 2.23. The molecule has 1 aliphatic heterocycles. The zero-order valence-electron chi connectivity index (χ0n) is 17.6. The van der Waals surface area contributed by atoms with Gasteiger partial charge in [0.25, 0.3) is 0 Å². The van der Waals surface area contributed by atoms with Crippen LogP contribution in [0.25, 0.3) is 5.82 Å². The van der Waals surface area contributed by atoms with Gasteiger partial charge in [0, 0.05) is 44.3 Å². The van der Waals surface area contributed by atoms with Crippen LogP contribution in [-0.2, 0) is 5.41 Å². The fourth-order valence-corrected chi connectivity index (χ4v) is 3.41. The second kappa shape index (κ2) is 8.14. The molecule has 156 valence electrons. The fourth-order valence-electron chi connectivity index (χ4n) is 3.41. The van der Waals surface area contributed by atoms with Gasteiger partial charge in [0.2, 0.25) is 0 Å². The Morgan fingerprint density at radius 1 is 0.933 bits per heavy atom. The number of anilines is 2. The molecular formula is C22H27N7O. The smallest absolute Gasteiger partial charge is 0.321 e. The van der Waals surface area contributed by atoms with Crippen molar-refractivity contribution in [1.29, 1.82) is 0 Å². The van der Waals surface area contributed by atoms with E-state index >= 15 is 0 Å². The number of carbonyl (C=O) groups is 1. The molecule has 0 spiro atoms. The molecule has 0 atom stereocenters. The summed E-state index contributed by atoms with van der Waals surface area (Å²) < 4.78 is 1.67. The maximum absolute atomic E-state index is 12.6. The molecule has 3 heterocycles. The van der Waals surface area contributed by atoms with Gasteiger partial charge in [-0.15, -0.1) is 10.2 Å². The highest BCUT2D eigenvalue weighted by molar-refractivity contribution is 5.89. The Labute approximate surface area is 176 Å². The summed E-state index contributed by atoms with van der Waals surface area (Å²) >= 11 is 0. The van der Waals surface area contributed by atoms with Crippen molar-refractivity contribution in [2.75, 3.05) is 36.4 Å². The maximum Gasteiger partial charge on any atom is 0.321 e. The summed E-state index contributed by atoms with van der Waals surface area (Å²) in [6, 6.07) is 13.7. The van der Waals surface area contributed by atoms with E-state index in [-0.39, 0.29) is 11.4 Å². The van der Waals surface area contributed by atoms with Crippen LogP contribution in [0, 0.1) is 0 Å². The molecule has 8 heteroatoms. The molecule has 0 radical (unpaired) electrons. The largest absolute Gasteiger partial charge is 0.352 e. The molecule has 30 heavy (non-hydrogen) atoms. The van der Waals surface area contributed by atoms with Gasteiger partial charge in [-0.25, -0.2) is 9.48 Å². The Balaban J connectivity index is 1.31. The summed E-state index contributed by atoms with van der Waals surface area (Å²) in [5, 5.41) is 15.7. The molecule has 0 aliphatic carbocycles. The average Bonchev–Trinajstić information content (AvgIpc) is 3.29. The second-order valence-electron chi connectivity index (χ2n) is 8.43. The summed E-state index contributed by atoms with van der Waals surface area (Å²) in [5.41, 5.74) is 2.16. The zero-order chi connectivity index (χ0) is 21.1. The Kier molecular flexibility index (Phi) is 5.39. The Bertz CT molecular complexity index is 968. The summed E-state index contributed by atoms with van der Waals surface area (Å²) in [4.78, 5) is 16.6. The number of piperazine rings is 1. The van der Waals surface area contributed by atoms with Gasteiger partial charge in [0.05, 0.1) is 0 Å². The highest BCUT2D eigenvalue weighted by atomic mass is 16.2. The van der Waals surface area contributed by atoms with Gasteiger partial charge in [-0.05, 0) is 41.3 Å². The second-order valence-corrected chi connectivity index (χ2v) is 8.43. The first-order chi connectivity index (χ1) is 14.4. The van der Waals surface area contributed by atoms with E-state index in [1.54, 1.807) is 10.9 Å². The lowest BCUT2D eigenvalue weighted by Crippen LogP contribution is -2.50. The van der Waals surface area contributed by atoms with Crippen molar-refractivity contribution in [3.63, 3.8) is 0 Å². The molecule has 0 bridgehead atoms. The van der Waals surface area contributed by atoms with Crippen molar-refractivity contribution in [2.45, 2.75) is 26.2 Å². The summed E-state index contributed by atoms with van der Waals surface area (Å²) in [7, 11) is 0. The van der Waals surface area contributed by atoms with Crippen molar-refractivity contribution in [3.05, 3.63) is 60.4 Å². The molecule has 1 aromatic carbocycles. The first-order valence-electron chi connectivity index (χ1n) is 10.2. The number of urea groups is 1. The number of rotatable bonds is 3. The van der Waals surface area contributed by atoms with Gasteiger partial charge in [-0.1, -0.05) is 32.9 Å². The predicted molar refractivity (Wildman–Crippen MR) is 117 cm³/mol. The molecule has 1 N–H and O–H groups in total. The average molecular weight is 406 g/mol. The van der Waals surface area contributed by atoms with Crippen LogP contribution in [0.4, 0.5) is 16.3 Å². The van der Waals surface area contributed by atoms with Crippen LogP contribution in [-0.4, -0.2) is 57.1 Å². The number of amides is 2. The Morgan fingerprint density at radius 3 is 2.17 bits per heavy atom. The van der Waals surface area contributed by atoms with Crippen molar-refractivity contribution < 1.29 is 4.79 Å². The molecule has 3 aromatic rings. The van der Waals surface area contributed by atoms with Gasteiger partial charge in [-0.2, -0.15) is 5.10 Å². The number of benzene rings is 1. The van der Waals surface area contributed by atoms with Crippen molar-refractivity contribution in [2.24, 2.45) is 0 Å². The topological polar surface area (TPSA) is 79.2 Å². The maximum atomic E-state index is 12.6. The zero-order valence-corrected chi connectivity index (χ0v) is 17.6. The number of hydrogen-bond donors (Lipinski definition) is 1. The molecule has 0 saturated carbocycles. The molecule has 2 amide bonds. The van der Waals surface area contributed by atoms with Gasteiger partial charge in [0.15, 0.2) is 11.6 Å².